The molecule has 5 heteroatoms. The molecule has 0 unspecified atom stereocenters. The number of hydrazone groups is 1. The van der Waals surface area contributed by atoms with E-state index in [9.17, 15) is 4.79 Å². The van der Waals surface area contributed by atoms with Gasteiger partial charge < -0.3 is 9.47 Å². The van der Waals surface area contributed by atoms with Crippen LogP contribution in [0, 0.1) is 6.92 Å². The summed E-state index contributed by atoms with van der Waals surface area (Å²) < 4.78 is 10.6. The molecular formula is C21H20N2O3. The molecule has 0 saturated carbocycles. The summed E-state index contributed by atoms with van der Waals surface area (Å²) >= 11 is 0. The van der Waals surface area contributed by atoms with Crippen molar-refractivity contribution in [2.75, 3.05) is 14.2 Å². The summed E-state index contributed by atoms with van der Waals surface area (Å²) in [6.45, 7) is 1.95. The Morgan fingerprint density at radius 1 is 0.962 bits per heavy atom. The molecule has 3 aromatic rings. The molecule has 0 spiro atoms. The number of benzene rings is 3. The Morgan fingerprint density at radius 3 is 2.31 bits per heavy atom. The van der Waals surface area contributed by atoms with Crippen molar-refractivity contribution in [1.29, 1.82) is 0 Å². The van der Waals surface area contributed by atoms with Gasteiger partial charge in [-0.2, -0.15) is 5.10 Å². The lowest BCUT2D eigenvalue weighted by atomic mass is 10.1. The molecular weight excluding hydrogens is 328 g/mol. The van der Waals surface area contributed by atoms with E-state index < -0.39 is 0 Å². The van der Waals surface area contributed by atoms with Crippen LogP contribution in [0.3, 0.4) is 0 Å². The second kappa shape index (κ2) is 7.70. The zero-order valence-corrected chi connectivity index (χ0v) is 14.9. The van der Waals surface area contributed by atoms with Crippen molar-refractivity contribution in [3.63, 3.8) is 0 Å². The second-order valence-corrected chi connectivity index (χ2v) is 5.83. The van der Waals surface area contributed by atoms with Crippen molar-refractivity contribution in [2.45, 2.75) is 6.92 Å². The molecule has 0 radical (unpaired) electrons. The monoisotopic (exact) mass is 348 g/mol. The fourth-order valence-corrected chi connectivity index (χ4v) is 2.77. The molecule has 0 aromatic heterocycles. The third kappa shape index (κ3) is 3.67. The molecule has 0 aliphatic carbocycles. The number of ether oxygens (including phenoxy) is 2. The van der Waals surface area contributed by atoms with Gasteiger partial charge in [0.1, 0.15) is 11.5 Å². The summed E-state index contributed by atoms with van der Waals surface area (Å²) in [7, 11) is 3.18. The van der Waals surface area contributed by atoms with Crippen molar-refractivity contribution in [3.8, 4) is 11.5 Å². The van der Waals surface area contributed by atoms with Gasteiger partial charge in [-0.25, -0.2) is 5.43 Å². The maximum atomic E-state index is 12.5. The van der Waals surface area contributed by atoms with Crippen LogP contribution in [0.25, 0.3) is 10.8 Å². The number of carbonyl (C=O) groups excluding carboxylic acids is 1. The maximum Gasteiger partial charge on any atom is 0.275 e. The summed E-state index contributed by atoms with van der Waals surface area (Å²) in [6.07, 6.45) is 1.60. The molecule has 0 aliphatic rings. The lowest BCUT2D eigenvalue weighted by Crippen LogP contribution is -2.18. The Balaban J connectivity index is 1.79. The summed E-state index contributed by atoms with van der Waals surface area (Å²) in [5.41, 5.74) is 4.86. The van der Waals surface area contributed by atoms with E-state index in [1.54, 1.807) is 26.5 Å². The van der Waals surface area contributed by atoms with Crippen LogP contribution >= 0.6 is 0 Å². The van der Waals surface area contributed by atoms with Crippen LogP contribution < -0.4 is 14.9 Å². The fraction of sp³-hybridized carbons (Fsp3) is 0.143. The van der Waals surface area contributed by atoms with Crippen LogP contribution in [0.2, 0.25) is 0 Å². The summed E-state index contributed by atoms with van der Waals surface area (Å²) in [6, 6.07) is 17.1. The lowest BCUT2D eigenvalue weighted by Gasteiger charge is -2.09. The van der Waals surface area contributed by atoms with Gasteiger partial charge in [0, 0.05) is 0 Å². The summed E-state index contributed by atoms with van der Waals surface area (Å²) in [5, 5.41) is 6.03. The SMILES string of the molecule is COc1ccc(/C=N\NC(=O)c2cc3ccccc3cc2OC)cc1C. The highest BCUT2D eigenvalue weighted by Crippen LogP contribution is 2.25. The first kappa shape index (κ1) is 17.5. The molecule has 1 amide bonds. The largest absolute Gasteiger partial charge is 0.496 e. The van der Waals surface area contributed by atoms with Crippen LogP contribution in [-0.4, -0.2) is 26.3 Å². The van der Waals surface area contributed by atoms with E-state index in [-0.39, 0.29) is 5.91 Å². The Kier molecular flexibility index (Phi) is 5.17. The minimum absolute atomic E-state index is 0.325. The number of hydrogen-bond acceptors (Lipinski definition) is 4. The van der Waals surface area contributed by atoms with Crippen molar-refractivity contribution >= 4 is 22.9 Å². The zero-order chi connectivity index (χ0) is 18.5. The predicted octanol–water partition coefficient (Wildman–Crippen LogP) is 3.93. The number of amides is 1. The van der Waals surface area contributed by atoms with Crippen LogP contribution in [-0.2, 0) is 0 Å². The third-order valence-electron chi connectivity index (χ3n) is 4.11. The Morgan fingerprint density at radius 2 is 1.65 bits per heavy atom. The molecule has 26 heavy (non-hydrogen) atoms. The number of hydrogen-bond donors (Lipinski definition) is 1. The molecule has 0 aliphatic heterocycles. The number of aryl methyl sites for hydroxylation is 1. The van der Waals surface area contributed by atoms with Crippen molar-refractivity contribution in [2.24, 2.45) is 5.10 Å². The first-order valence-corrected chi connectivity index (χ1v) is 8.17. The zero-order valence-electron chi connectivity index (χ0n) is 14.9. The molecule has 0 bridgehead atoms. The molecule has 0 heterocycles. The van der Waals surface area contributed by atoms with E-state index in [0.29, 0.717) is 11.3 Å². The minimum atomic E-state index is -0.325. The van der Waals surface area contributed by atoms with Gasteiger partial charge in [-0.15, -0.1) is 0 Å². The van der Waals surface area contributed by atoms with E-state index in [1.165, 1.54) is 0 Å². The quantitative estimate of drug-likeness (QED) is 0.561. The molecule has 3 aromatic carbocycles. The summed E-state index contributed by atoms with van der Waals surface area (Å²) in [5.74, 6) is 0.998. The summed E-state index contributed by atoms with van der Waals surface area (Å²) in [4.78, 5) is 12.5. The molecule has 3 rings (SSSR count). The van der Waals surface area contributed by atoms with E-state index in [0.717, 1.165) is 27.6 Å². The van der Waals surface area contributed by atoms with E-state index in [4.69, 9.17) is 9.47 Å². The van der Waals surface area contributed by atoms with E-state index in [1.807, 2.05) is 55.5 Å². The van der Waals surface area contributed by atoms with Gasteiger partial charge in [0.05, 0.1) is 26.0 Å². The average Bonchev–Trinajstić information content (AvgIpc) is 2.67. The molecule has 132 valence electrons. The van der Waals surface area contributed by atoms with Crippen LogP contribution in [0.4, 0.5) is 0 Å². The molecule has 1 N–H and O–H groups in total. The average molecular weight is 348 g/mol. The smallest absolute Gasteiger partial charge is 0.275 e. The number of nitrogens with one attached hydrogen (secondary N) is 1. The molecule has 5 nitrogen and oxygen atoms in total. The first-order chi connectivity index (χ1) is 12.6. The van der Waals surface area contributed by atoms with Crippen molar-refractivity contribution < 1.29 is 14.3 Å². The highest BCUT2D eigenvalue weighted by Gasteiger charge is 2.13. The van der Waals surface area contributed by atoms with Crippen molar-refractivity contribution in [3.05, 3.63) is 71.3 Å². The first-order valence-electron chi connectivity index (χ1n) is 8.17. The Labute approximate surface area is 152 Å². The van der Waals surface area contributed by atoms with Gasteiger partial charge in [-0.05, 0) is 59.2 Å². The molecule has 0 atom stereocenters. The third-order valence-corrected chi connectivity index (χ3v) is 4.11. The van der Waals surface area contributed by atoms with Gasteiger partial charge >= 0.3 is 0 Å². The lowest BCUT2D eigenvalue weighted by molar-refractivity contribution is 0.0952. The van der Waals surface area contributed by atoms with Gasteiger partial charge in [0.2, 0.25) is 0 Å². The van der Waals surface area contributed by atoms with Gasteiger partial charge in [-0.1, -0.05) is 24.3 Å². The molecule has 0 saturated heterocycles. The van der Waals surface area contributed by atoms with E-state index >= 15 is 0 Å². The van der Waals surface area contributed by atoms with E-state index in [2.05, 4.69) is 10.5 Å². The number of fused-ring (bicyclic) bond motifs is 1. The van der Waals surface area contributed by atoms with Crippen LogP contribution in [0.1, 0.15) is 21.5 Å². The standard InChI is InChI=1S/C21H20N2O3/c1-14-10-15(8-9-19(14)25-2)13-22-23-21(24)18-11-16-6-4-5-7-17(16)12-20(18)26-3/h4-13H,1-3H3,(H,23,24)/b22-13-. The Bertz CT molecular complexity index is 980. The normalized spacial score (nSPS) is 10.9. The predicted molar refractivity (Wildman–Crippen MR) is 103 cm³/mol. The molecule has 0 fully saturated rings. The number of methoxy groups -OCH3 is 2. The number of rotatable bonds is 5. The highest BCUT2D eigenvalue weighted by molar-refractivity contribution is 6.01. The van der Waals surface area contributed by atoms with Crippen molar-refractivity contribution in [1.82, 2.24) is 5.43 Å². The maximum absolute atomic E-state index is 12.5. The number of carbonyl (C=O) groups is 1. The second-order valence-electron chi connectivity index (χ2n) is 5.83. The van der Waals surface area contributed by atoms with Gasteiger partial charge in [0.25, 0.3) is 5.91 Å². The van der Waals surface area contributed by atoms with Crippen LogP contribution in [0.5, 0.6) is 11.5 Å². The fourth-order valence-electron chi connectivity index (χ4n) is 2.77. The number of nitrogens with zero attached hydrogens (tertiary/aromatic N) is 1. The highest BCUT2D eigenvalue weighted by atomic mass is 16.5. The van der Waals surface area contributed by atoms with Gasteiger partial charge in [-0.3, -0.25) is 4.79 Å². The minimum Gasteiger partial charge on any atom is -0.496 e. The van der Waals surface area contributed by atoms with Gasteiger partial charge in [0.15, 0.2) is 0 Å². The topological polar surface area (TPSA) is 59.9 Å². The van der Waals surface area contributed by atoms with Crippen LogP contribution in [0.15, 0.2) is 59.7 Å². The Hall–Kier alpha value is -3.34.